The Morgan fingerprint density at radius 3 is 2.80 bits per heavy atom. The van der Waals surface area contributed by atoms with E-state index in [2.05, 4.69) is 4.98 Å². The second kappa shape index (κ2) is 5.96. The largest absolute Gasteiger partial charge is 0.395 e. The molecule has 0 aliphatic carbocycles. The first kappa shape index (κ1) is 14.4. The number of carbonyl (C=O) groups excluding carboxylic acids is 1. The van der Waals surface area contributed by atoms with Gasteiger partial charge in [0.25, 0.3) is 5.91 Å². The summed E-state index contributed by atoms with van der Waals surface area (Å²) in [5, 5.41) is 9.71. The Morgan fingerprint density at radius 1 is 1.40 bits per heavy atom. The molecular formula is C15H17FN2O2. The fraction of sp³-hybridized carbons (Fsp3) is 0.333. The average Bonchev–Trinajstić information content (AvgIpc) is 2.43. The molecule has 0 bridgehead atoms. The number of aromatic nitrogens is 1. The zero-order valence-electron chi connectivity index (χ0n) is 11.6. The summed E-state index contributed by atoms with van der Waals surface area (Å²) < 4.78 is 13.2. The van der Waals surface area contributed by atoms with Crippen molar-refractivity contribution < 1.29 is 14.3 Å². The van der Waals surface area contributed by atoms with Crippen LogP contribution < -0.4 is 0 Å². The van der Waals surface area contributed by atoms with E-state index in [1.54, 1.807) is 24.0 Å². The van der Waals surface area contributed by atoms with E-state index in [1.165, 1.54) is 12.1 Å². The summed E-state index contributed by atoms with van der Waals surface area (Å²) >= 11 is 0. The van der Waals surface area contributed by atoms with Gasteiger partial charge in [-0.3, -0.25) is 9.78 Å². The summed E-state index contributed by atoms with van der Waals surface area (Å²) in [6.07, 6.45) is 0. The van der Waals surface area contributed by atoms with Crippen molar-refractivity contribution in [2.75, 3.05) is 19.7 Å². The van der Waals surface area contributed by atoms with Gasteiger partial charge in [-0.15, -0.1) is 0 Å². The van der Waals surface area contributed by atoms with Gasteiger partial charge in [0.2, 0.25) is 0 Å². The second-order valence-corrected chi connectivity index (χ2v) is 4.57. The highest BCUT2D eigenvalue weighted by Crippen LogP contribution is 2.19. The van der Waals surface area contributed by atoms with E-state index in [0.29, 0.717) is 23.3 Å². The maximum atomic E-state index is 13.2. The molecule has 0 spiro atoms. The van der Waals surface area contributed by atoms with Gasteiger partial charge in [0.05, 0.1) is 23.4 Å². The van der Waals surface area contributed by atoms with Gasteiger partial charge in [0.15, 0.2) is 0 Å². The van der Waals surface area contributed by atoms with Crippen molar-refractivity contribution >= 4 is 16.8 Å². The molecule has 0 radical (unpaired) electrons. The van der Waals surface area contributed by atoms with Gasteiger partial charge in [-0.2, -0.15) is 0 Å². The number of hydrogen-bond donors (Lipinski definition) is 1. The summed E-state index contributed by atoms with van der Waals surface area (Å²) in [6, 6.07) is 6.02. The standard InChI is InChI=1S/C15H17FN2O2/c1-3-18(6-7-19)15(20)13-8-11-4-5-12(16)9-14(11)17-10(13)2/h4-5,8-9,19H,3,6-7H2,1-2H3. The molecule has 0 fully saturated rings. The average molecular weight is 276 g/mol. The number of fused-ring (bicyclic) bond motifs is 1. The number of nitrogens with zero attached hydrogens (tertiary/aromatic N) is 2. The molecule has 4 nitrogen and oxygen atoms in total. The summed E-state index contributed by atoms with van der Waals surface area (Å²) in [5.74, 6) is -0.517. The first-order valence-electron chi connectivity index (χ1n) is 6.54. The first-order valence-corrected chi connectivity index (χ1v) is 6.54. The predicted octanol–water partition coefficient (Wildman–Crippen LogP) is 2.14. The first-order chi connectivity index (χ1) is 9.56. The highest BCUT2D eigenvalue weighted by atomic mass is 19.1. The molecule has 0 saturated heterocycles. The quantitative estimate of drug-likeness (QED) is 0.930. The van der Waals surface area contributed by atoms with E-state index in [-0.39, 0.29) is 24.9 Å². The second-order valence-electron chi connectivity index (χ2n) is 4.57. The number of halogens is 1. The van der Waals surface area contributed by atoms with E-state index in [9.17, 15) is 9.18 Å². The number of aliphatic hydroxyl groups excluding tert-OH is 1. The minimum absolute atomic E-state index is 0.0785. The van der Waals surface area contributed by atoms with E-state index in [4.69, 9.17) is 5.11 Å². The third-order valence-electron chi connectivity index (χ3n) is 3.24. The number of hydrogen-bond acceptors (Lipinski definition) is 3. The molecule has 0 aliphatic rings. The summed E-state index contributed by atoms with van der Waals surface area (Å²) in [6.45, 7) is 4.30. The Bertz CT molecular complexity index is 643. The van der Waals surface area contributed by atoms with Gasteiger partial charge in [-0.1, -0.05) is 0 Å². The number of amides is 1. The number of rotatable bonds is 4. The molecule has 1 N–H and O–H groups in total. The van der Waals surface area contributed by atoms with Gasteiger partial charge >= 0.3 is 0 Å². The molecule has 1 heterocycles. The van der Waals surface area contributed by atoms with Crippen LogP contribution in [0.3, 0.4) is 0 Å². The Balaban J connectivity index is 2.46. The van der Waals surface area contributed by atoms with E-state index < -0.39 is 0 Å². The van der Waals surface area contributed by atoms with Crippen LogP contribution in [0.25, 0.3) is 10.9 Å². The molecule has 20 heavy (non-hydrogen) atoms. The van der Waals surface area contributed by atoms with Crippen molar-refractivity contribution in [1.29, 1.82) is 0 Å². The number of carbonyl (C=O) groups is 1. The third-order valence-corrected chi connectivity index (χ3v) is 3.24. The molecule has 0 atom stereocenters. The predicted molar refractivity (Wildman–Crippen MR) is 75.1 cm³/mol. The van der Waals surface area contributed by atoms with E-state index in [0.717, 1.165) is 5.39 Å². The van der Waals surface area contributed by atoms with Gasteiger partial charge in [0.1, 0.15) is 5.82 Å². The third kappa shape index (κ3) is 2.77. The molecule has 5 heteroatoms. The lowest BCUT2D eigenvalue weighted by Gasteiger charge is -2.20. The number of likely N-dealkylation sites (N-methyl/N-ethyl adjacent to an activating group) is 1. The molecular weight excluding hydrogens is 259 g/mol. The van der Waals surface area contributed by atoms with Gasteiger partial charge < -0.3 is 10.0 Å². The lowest BCUT2D eigenvalue weighted by atomic mass is 10.1. The molecule has 0 unspecified atom stereocenters. The maximum absolute atomic E-state index is 13.2. The minimum atomic E-state index is -0.348. The Hall–Kier alpha value is -2.01. The van der Waals surface area contributed by atoms with Crippen molar-refractivity contribution in [2.45, 2.75) is 13.8 Å². The Labute approximate surface area is 116 Å². The Kier molecular flexibility index (Phi) is 4.29. The molecule has 2 rings (SSSR count). The van der Waals surface area contributed by atoms with Crippen molar-refractivity contribution in [3.63, 3.8) is 0 Å². The fourth-order valence-electron chi connectivity index (χ4n) is 2.15. The van der Waals surface area contributed by atoms with Crippen LogP contribution in [0.4, 0.5) is 4.39 Å². The Morgan fingerprint density at radius 2 is 2.15 bits per heavy atom. The van der Waals surface area contributed by atoms with Crippen molar-refractivity contribution in [3.05, 3.63) is 41.3 Å². The number of pyridine rings is 1. The monoisotopic (exact) mass is 276 g/mol. The smallest absolute Gasteiger partial charge is 0.255 e. The number of aliphatic hydroxyl groups is 1. The number of benzene rings is 1. The molecule has 1 aromatic carbocycles. The van der Waals surface area contributed by atoms with Crippen LogP contribution in [0.1, 0.15) is 23.0 Å². The summed E-state index contributed by atoms with van der Waals surface area (Å²) in [5.41, 5.74) is 1.58. The van der Waals surface area contributed by atoms with Crippen LogP contribution in [-0.2, 0) is 0 Å². The molecule has 2 aromatic rings. The SMILES string of the molecule is CCN(CCO)C(=O)c1cc2ccc(F)cc2nc1C. The van der Waals surface area contributed by atoms with Crippen molar-refractivity contribution in [1.82, 2.24) is 9.88 Å². The van der Waals surface area contributed by atoms with E-state index in [1.807, 2.05) is 6.92 Å². The van der Waals surface area contributed by atoms with Crippen LogP contribution in [0.5, 0.6) is 0 Å². The summed E-state index contributed by atoms with van der Waals surface area (Å²) in [4.78, 5) is 18.2. The van der Waals surface area contributed by atoms with Crippen molar-refractivity contribution in [3.8, 4) is 0 Å². The van der Waals surface area contributed by atoms with Crippen LogP contribution in [0, 0.1) is 12.7 Å². The minimum Gasteiger partial charge on any atom is -0.395 e. The molecule has 0 aliphatic heterocycles. The van der Waals surface area contributed by atoms with Crippen LogP contribution in [0.15, 0.2) is 24.3 Å². The van der Waals surface area contributed by atoms with E-state index >= 15 is 0 Å². The highest BCUT2D eigenvalue weighted by molar-refractivity contribution is 5.98. The highest BCUT2D eigenvalue weighted by Gasteiger charge is 2.17. The molecule has 1 aromatic heterocycles. The zero-order valence-corrected chi connectivity index (χ0v) is 11.6. The molecule has 0 saturated carbocycles. The summed E-state index contributed by atoms with van der Waals surface area (Å²) in [7, 11) is 0. The maximum Gasteiger partial charge on any atom is 0.255 e. The van der Waals surface area contributed by atoms with Gasteiger partial charge in [-0.25, -0.2) is 4.39 Å². The van der Waals surface area contributed by atoms with Crippen LogP contribution in [-0.4, -0.2) is 40.6 Å². The molecule has 106 valence electrons. The normalized spacial score (nSPS) is 10.8. The van der Waals surface area contributed by atoms with Crippen molar-refractivity contribution in [2.24, 2.45) is 0 Å². The fourth-order valence-corrected chi connectivity index (χ4v) is 2.15. The lowest BCUT2D eigenvalue weighted by molar-refractivity contribution is 0.0731. The zero-order chi connectivity index (χ0) is 14.7. The van der Waals surface area contributed by atoms with Crippen LogP contribution >= 0.6 is 0 Å². The lowest BCUT2D eigenvalue weighted by Crippen LogP contribution is -2.33. The van der Waals surface area contributed by atoms with Crippen LogP contribution in [0.2, 0.25) is 0 Å². The van der Waals surface area contributed by atoms with Gasteiger partial charge in [0, 0.05) is 24.5 Å². The van der Waals surface area contributed by atoms with Gasteiger partial charge in [-0.05, 0) is 32.0 Å². The molecule has 1 amide bonds. The number of aryl methyl sites for hydroxylation is 1. The topological polar surface area (TPSA) is 53.4 Å².